The van der Waals surface area contributed by atoms with Crippen LogP contribution in [-0.4, -0.2) is 40.5 Å². The Balaban J connectivity index is 1.85. The van der Waals surface area contributed by atoms with Gasteiger partial charge >= 0.3 is 0 Å². The van der Waals surface area contributed by atoms with Crippen LogP contribution < -0.4 is 10.6 Å². The predicted molar refractivity (Wildman–Crippen MR) is 119 cm³/mol. The molecule has 29 heavy (non-hydrogen) atoms. The van der Waals surface area contributed by atoms with Gasteiger partial charge in [-0.15, -0.1) is 0 Å². The molecule has 1 heterocycles. The second-order valence-electron chi connectivity index (χ2n) is 6.73. The number of hydrogen-bond donors (Lipinski definition) is 3. The molecule has 0 aliphatic heterocycles. The number of fused-ring (bicyclic) bond motifs is 1. The molecule has 1 aromatic heterocycles. The second kappa shape index (κ2) is 9.69. The molecule has 1 amide bonds. The Morgan fingerprint density at radius 2 is 1.86 bits per heavy atom. The summed E-state index contributed by atoms with van der Waals surface area (Å²) in [5.74, 6) is -0.0845. The van der Waals surface area contributed by atoms with E-state index >= 15 is 0 Å². The van der Waals surface area contributed by atoms with E-state index in [-0.39, 0.29) is 12.5 Å². The van der Waals surface area contributed by atoms with E-state index in [1.807, 2.05) is 55.1 Å². The van der Waals surface area contributed by atoms with Gasteiger partial charge < -0.3 is 15.7 Å². The van der Waals surface area contributed by atoms with Gasteiger partial charge in [0.2, 0.25) is 5.91 Å². The third-order valence-electron chi connectivity index (χ3n) is 4.70. The number of hydrogen-bond acceptors (Lipinski definition) is 5. The van der Waals surface area contributed by atoms with Crippen LogP contribution in [0.4, 0.5) is 17.1 Å². The molecule has 6 nitrogen and oxygen atoms in total. The van der Waals surface area contributed by atoms with Crippen LogP contribution in [0.3, 0.4) is 0 Å². The van der Waals surface area contributed by atoms with Crippen molar-refractivity contribution in [2.75, 3.05) is 30.3 Å². The maximum Gasteiger partial charge on any atom is 0.238 e. The van der Waals surface area contributed by atoms with Gasteiger partial charge in [-0.25, -0.2) is 0 Å². The summed E-state index contributed by atoms with van der Waals surface area (Å²) in [6.45, 7) is 5.88. The number of aliphatic hydroxyl groups is 1. The summed E-state index contributed by atoms with van der Waals surface area (Å²) in [6, 6.07) is 12.9. The van der Waals surface area contributed by atoms with Crippen molar-refractivity contribution in [2.45, 2.75) is 20.5 Å². The third-order valence-corrected chi connectivity index (χ3v) is 4.94. The Morgan fingerprint density at radius 3 is 2.59 bits per heavy atom. The van der Waals surface area contributed by atoms with Gasteiger partial charge in [0.15, 0.2) is 0 Å². The number of carbonyl (C=O) groups is 1. The predicted octanol–water partition coefficient (Wildman–Crippen LogP) is 4.40. The van der Waals surface area contributed by atoms with Crippen molar-refractivity contribution in [3.05, 3.63) is 59.2 Å². The lowest BCUT2D eigenvalue weighted by molar-refractivity contribution is -0.117. The van der Waals surface area contributed by atoms with Gasteiger partial charge in [-0.3, -0.25) is 14.7 Å². The van der Waals surface area contributed by atoms with E-state index in [2.05, 4.69) is 15.6 Å². The first-order valence-corrected chi connectivity index (χ1v) is 9.98. The monoisotopic (exact) mass is 412 g/mol. The molecular weight excluding hydrogens is 388 g/mol. The molecule has 0 bridgehead atoms. The van der Waals surface area contributed by atoms with Crippen LogP contribution in [0.2, 0.25) is 5.02 Å². The number of aliphatic hydroxyl groups excluding tert-OH is 1. The summed E-state index contributed by atoms with van der Waals surface area (Å²) >= 11 is 6.07. The Bertz CT molecular complexity index is 1010. The Hall–Kier alpha value is -2.67. The molecule has 0 saturated carbocycles. The second-order valence-corrected chi connectivity index (χ2v) is 7.17. The molecule has 0 atom stereocenters. The maximum absolute atomic E-state index is 12.4. The molecule has 0 aliphatic rings. The molecule has 0 unspecified atom stereocenters. The standard InChI is InChI=1S/C22H25ClN4O2/c1-3-27(4-2)13-22(29)26-18-10-15(14-28)9-17(12-18)25-20-7-8-24-21-11-16(23)5-6-19(20)21/h5-12,28H,3-4,13-14H2,1-2H3,(H,24,25)(H,26,29). The lowest BCUT2D eigenvalue weighted by atomic mass is 10.1. The van der Waals surface area contributed by atoms with E-state index < -0.39 is 0 Å². The number of nitrogens with zero attached hydrogens (tertiary/aromatic N) is 2. The van der Waals surface area contributed by atoms with E-state index in [0.717, 1.165) is 35.4 Å². The average molecular weight is 413 g/mol. The Morgan fingerprint density at radius 1 is 1.10 bits per heavy atom. The van der Waals surface area contributed by atoms with Crippen LogP contribution in [-0.2, 0) is 11.4 Å². The van der Waals surface area contributed by atoms with Crippen LogP contribution in [0.15, 0.2) is 48.7 Å². The molecule has 2 aromatic carbocycles. The number of carbonyl (C=O) groups excluding carboxylic acids is 1. The van der Waals surface area contributed by atoms with Crippen LogP contribution in [0.5, 0.6) is 0 Å². The minimum atomic E-state index is -0.124. The number of pyridine rings is 1. The van der Waals surface area contributed by atoms with Gasteiger partial charge in [0.05, 0.1) is 18.7 Å². The molecule has 7 heteroatoms. The van der Waals surface area contributed by atoms with Crippen LogP contribution in [0, 0.1) is 0 Å². The maximum atomic E-state index is 12.4. The van der Waals surface area contributed by atoms with Crippen LogP contribution in [0.1, 0.15) is 19.4 Å². The molecule has 0 spiro atoms. The van der Waals surface area contributed by atoms with Gasteiger partial charge in [0.1, 0.15) is 0 Å². The number of amides is 1. The van der Waals surface area contributed by atoms with Gasteiger partial charge in [0, 0.05) is 33.7 Å². The zero-order chi connectivity index (χ0) is 20.8. The zero-order valence-corrected chi connectivity index (χ0v) is 17.3. The Labute approximate surface area is 175 Å². The molecule has 0 aliphatic carbocycles. The number of likely N-dealkylation sites (N-methyl/N-ethyl adjacent to an activating group) is 1. The van der Waals surface area contributed by atoms with Crippen molar-refractivity contribution in [1.29, 1.82) is 0 Å². The van der Waals surface area contributed by atoms with Gasteiger partial charge in [-0.2, -0.15) is 0 Å². The van der Waals surface area contributed by atoms with Crippen LogP contribution in [0.25, 0.3) is 10.9 Å². The van der Waals surface area contributed by atoms with Gasteiger partial charge in [0.25, 0.3) is 0 Å². The van der Waals surface area contributed by atoms with E-state index in [0.29, 0.717) is 22.8 Å². The van der Waals surface area contributed by atoms with E-state index in [1.54, 1.807) is 12.3 Å². The summed E-state index contributed by atoms with van der Waals surface area (Å²) < 4.78 is 0. The van der Waals surface area contributed by atoms with E-state index in [9.17, 15) is 9.90 Å². The molecule has 0 radical (unpaired) electrons. The summed E-state index contributed by atoms with van der Waals surface area (Å²) in [5, 5.41) is 17.5. The van der Waals surface area contributed by atoms with Crippen molar-refractivity contribution in [2.24, 2.45) is 0 Å². The fourth-order valence-corrected chi connectivity index (χ4v) is 3.33. The lowest BCUT2D eigenvalue weighted by Gasteiger charge is -2.18. The number of aromatic nitrogens is 1. The summed E-state index contributed by atoms with van der Waals surface area (Å²) in [5.41, 5.74) is 3.75. The highest BCUT2D eigenvalue weighted by atomic mass is 35.5. The van der Waals surface area contributed by atoms with Gasteiger partial charge in [-0.1, -0.05) is 25.4 Å². The topological polar surface area (TPSA) is 77.5 Å². The minimum Gasteiger partial charge on any atom is -0.392 e. The van der Waals surface area contributed by atoms with Gasteiger partial charge in [-0.05, 0) is 61.1 Å². The minimum absolute atomic E-state index is 0.0845. The molecule has 0 saturated heterocycles. The number of rotatable bonds is 8. The molecule has 3 N–H and O–H groups in total. The van der Waals surface area contributed by atoms with Crippen molar-refractivity contribution in [3.63, 3.8) is 0 Å². The number of benzene rings is 2. The molecule has 0 fully saturated rings. The smallest absolute Gasteiger partial charge is 0.238 e. The lowest BCUT2D eigenvalue weighted by Crippen LogP contribution is -2.32. The number of halogens is 1. The number of anilines is 3. The molecule has 3 aromatic rings. The fourth-order valence-electron chi connectivity index (χ4n) is 3.16. The van der Waals surface area contributed by atoms with Crippen molar-refractivity contribution < 1.29 is 9.90 Å². The largest absolute Gasteiger partial charge is 0.392 e. The molecular formula is C22H25ClN4O2. The highest BCUT2D eigenvalue weighted by Crippen LogP contribution is 2.29. The van der Waals surface area contributed by atoms with Crippen molar-refractivity contribution in [3.8, 4) is 0 Å². The summed E-state index contributed by atoms with van der Waals surface area (Å²) in [7, 11) is 0. The van der Waals surface area contributed by atoms with E-state index in [1.165, 1.54) is 0 Å². The molecule has 3 rings (SSSR count). The first-order chi connectivity index (χ1) is 14.0. The average Bonchev–Trinajstić information content (AvgIpc) is 2.71. The van der Waals surface area contributed by atoms with E-state index in [4.69, 9.17) is 11.6 Å². The summed E-state index contributed by atoms with van der Waals surface area (Å²) in [6.07, 6.45) is 1.71. The highest BCUT2D eigenvalue weighted by molar-refractivity contribution is 6.31. The van der Waals surface area contributed by atoms with Crippen LogP contribution >= 0.6 is 11.6 Å². The quantitative estimate of drug-likeness (QED) is 0.511. The SMILES string of the molecule is CCN(CC)CC(=O)Nc1cc(CO)cc(Nc2ccnc3cc(Cl)ccc23)c1. The summed E-state index contributed by atoms with van der Waals surface area (Å²) in [4.78, 5) is 18.8. The third kappa shape index (κ3) is 5.44. The fraction of sp³-hybridized carbons (Fsp3) is 0.273. The normalized spacial score (nSPS) is 11.1. The highest BCUT2D eigenvalue weighted by Gasteiger charge is 2.10. The first-order valence-electron chi connectivity index (χ1n) is 9.60. The zero-order valence-electron chi connectivity index (χ0n) is 16.6. The Kier molecular flexibility index (Phi) is 7.04. The molecule has 152 valence electrons. The van der Waals surface area contributed by atoms with Crippen molar-refractivity contribution >= 4 is 45.5 Å². The first kappa shape index (κ1) is 21.0. The number of nitrogens with one attached hydrogen (secondary N) is 2. The van der Waals surface area contributed by atoms with Crippen molar-refractivity contribution in [1.82, 2.24) is 9.88 Å².